The van der Waals surface area contributed by atoms with Crippen molar-refractivity contribution in [3.8, 4) is 5.75 Å². The minimum absolute atomic E-state index is 0.0396. The van der Waals surface area contributed by atoms with Crippen LogP contribution in [0.3, 0.4) is 0 Å². The second kappa shape index (κ2) is 7.15. The number of aromatic nitrogens is 1. The molecule has 3 aromatic rings. The second-order valence-electron chi connectivity index (χ2n) is 5.34. The number of H-pyrrole nitrogens is 1. The van der Waals surface area contributed by atoms with Gasteiger partial charge in [-0.3, -0.25) is 4.79 Å². The van der Waals surface area contributed by atoms with Crippen molar-refractivity contribution in [2.24, 2.45) is 0 Å². The zero-order chi connectivity index (χ0) is 16.1. The predicted molar refractivity (Wildman–Crippen MR) is 89.0 cm³/mol. The summed E-state index contributed by atoms with van der Waals surface area (Å²) in [7, 11) is 0. The molecule has 120 valence electrons. The van der Waals surface area contributed by atoms with Crippen molar-refractivity contribution in [2.45, 2.75) is 12.8 Å². The molecule has 0 fully saturated rings. The standard InChI is InChI=1S/C18H19NO4/c20-18(21)8-11-22-9-3-10-23-13-6-7-15-14-4-1-2-5-16(14)19-17(15)12-13/h1-2,4-7,12,19H,3,8-11H2,(H,20,21). The number of aliphatic carboxylic acids is 1. The first-order valence-electron chi connectivity index (χ1n) is 7.67. The molecule has 3 rings (SSSR count). The quantitative estimate of drug-likeness (QED) is 0.624. The van der Waals surface area contributed by atoms with Gasteiger partial charge in [-0.2, -0.15) is 0 Å². The number of fused-ring (bicyclic) bond motifs is 3. The molecule has 0 unspecified atom stereocenters. The van der Waals surface area contributed by atoms with E-state index in [1.165, 1.54) is 10.8 Å². The fourth-order valence-electron chi connectivity index (χ4n) is 2.54. The van der Waals surface area contributed by atoms with Gasteiger partial charge in [-0.15, -0.1) is 0 Å². The van der Waals surface area contributed by atoms with Crippen molar-refractivity contribution >= 4 is 27.8 Å². The molecule has 1 heterocycles. The van der Waals surface area contributed by atoms with Gasteiger partial charge in [0.25, 0.3) is 0 Å². The average molecular weight is 313 g/mol. The van der Waals surface area contributed by atoms with Crippen LogP contribution in [0.5, 0.6) is 5.75 Å². The van der Waals surface area contributed by atoms with Crippen LogP contribution in [0.2, 0.25) is 0 Å². The van der Waals surface area contributed by atoms with Crippen LogP contribution in [0.1, 0.15) is 12.8 Å². The zero-order valence-electron chi connectivity index (χ0n) is 12.7. The van der Waals surface area contributed by atoms with Gasteiger partial charge in [-0.25, -0.2) is 0 Å². The summed E-state index contributed by atoms with van der Waals surface area (Å²) >= 11 is 0. The summed E-state index contributed by atoms with van der Waals surface area (Å²) in [5.74, 6) is -0.0255. The van der Waals surface area contributed by atoms with E-state index in [1.54, 1.807) is 0 Å². The fourth-order valence-corrected chi connectivity index (χ4v) is 2.54. The van der Waals surface area contributed by atoms with E-state index in [0.717, 1.165) is 23.2 Å². The third-order valence-electron chi connectivity index (χ3n) is 3.64. The molecule has 0 aliphatic carbocycles. The Hall–Kier alpha value is -2.53. The molecule has 0 spiro atoms. The number of rotatable bonds is 8. The van der Waals surface area contributed by atoms with Crippen LogP contribution in [0.4, 0.5) is 0 Å². The molecule has 23 heavy (non-hydrogen) atoms. The van der Waals surface area contributed by atoms with Crippen molar-refractivity contribution < 1.29 is 19.4 Å². The molecule has 0 bridgehead atoms. The number of para-hydroxylation sites is 1. The number of carboxylic acids is 1. The molecule has 0 atom stereocenters. The summed E-state index contributed by atoms with van der Waals surface area (Å²) in [6, 6.07) is 14.2. The zero-order valence-corrected chi connectivity index (χ0v) is 12.7. The lowest BCUT2D eigenvalue weighted by Crippen LogP contribution is -2.06. The van der Waals surface area contributed by atoms with Gasteiger partial charge in [0.15, 0.2) is 0 Å². The van der Waals surface area contributed by atoms with Gasteiger partial charge in [-0.05, 0) is 18.2 Å². The maximum Gasteiger partial charge on any atom is 0.305 e. The molecule has 2 N–H and O–H groups in total. The Bertz CT molecular complexity index is 809. The Morgan fingerprint density at radius 1 is 1.00 bits per heavy atom. The van der Waals surface area contributed by atoms with Crippen LogP contribution in [0, 0.1) is 0 Å². The van der Waals surface area contributed by atoms with E-state index in [4.69, 9.17) is 14.6 Å². The molecule has 0 saturated heterocycles. The van der Waals surface area contributed by atoms with Crippen LogP contribution in [-0.4, -0.2) is 35.9 Å². The highest BCUT2D eigenvalue weighted by Gasteiger charge is 2.04. The lowest BCUT2D eigenvalue weighted by atomic mass is 10.1. The van der Waals surface area contributed by atoms with Crippen LogP contribution in [-0.2, 0) is 9.53 Å². The highest BCUT2D eigenvalue weighted by Crippen LogP contribution is 2.28. The van der Waals surface area contributed by atoms with Gasteiger partial charge < -0.3 is 19.6 Å². The van der Waals surface area contributed by atoms with Gasteiger partial charge in [0.05, 0.1) is 25.2 Å². The molecular formula is C18H19NO4. The Labute approximate surface area is 133 Å². The molecule has 2 aromatic carbocycles. The summed E-state index contributed by atoms with van der Waals surface area (Å²) in [5.41, 5.74) is 2.17. The third-order valence-corrected chi connectivity index (χ3v) is 3.64. The van der Waals surface area contributed by atoms with E-state index in [2.05, 4.69) is 23.2 Å². The van der Waals surface area contributed by atoms with E-state index in [1.807, 2.05) is 24.3 Å². The number of ether oxygens (including phenoxy) is 2. The molecule has 0 aliphatic heterocycles. The van der Waals surface area contributed by atoms with E-state index in [0.29, 0.717) is 13.2 Å². The Balaban J connectivity index is 1.53. The average Bonchev–Trinajstić information content (AvgIpc) is 2.91. The van der Waals surface area contributed by atoms with Gasteiger partial charge in [0.1, 0.15) is 5.75 Å². The SMILES string of the molecule is O=C(O)CCOCCCOc1ccc2c(c1)[nH]c1ccccc12. The second-order valence-corrected chi connectivity index (χ2v) is 5.34. The lowest BCUT2D eigenvalue weighted by molar-refractivity contribution is -0.138. The van der Waals surface area contributed by atoms with E-state index < -0.39 is 5.97 Å². The van der Waals surface area contributed by atoms with E-state index in [9.17, 15) is 4.79 Å². The molecule has 0 radical (unpaired) electrons. The first-order valence-corrected chi connectivity index (χ1v) is 7.67. The molecule has 0 aliphatic rings. The number of hydrogen-bond acceptors (Lipinski definition) is 3. The van der Waals surface area contributed by atoms with Crippen LogP contribution in [0.15, 0.2) is 42.5 Å². The minimum atomic E-state index is -0.840. The maximum absolute atomic E-state index is 10.3. The van der Waals surface area contributed by atoms with Gasteiger partial charge in [-0.1, -0.05) is 18.2 Å². The predicted octanol–water partition coefficient (Wildman–Crippen LogP) is 3.58. The van der Waals surface area contributed by atoms with Crippen LogP contribution < -0.4 is 4.74 Å². The van der Waals surface area contributed by atoms with E-state index >= 15 is 0 Å². The van der Waals surface area contributed by atoms with Gasteiger partial charge in [0.2, 0.25) is 0 Å². The van der Waals surface area contributed by atoms with Gasteiger partial charge in [0, 0.05) is 35.4 Å². The minimum Gasteiger partial charge on any atom is -0.493 e. The highest BCUT2D eigenvalue weighted by molar-refractivity contribution is 6.07. The smallest absolute Gasteiger partial charge is 0.305 e. The summed E-state index contributed by atoms with van der Waals surface area (Å²) in [6.07, 6.45) is 0.766. The summed E-state index contributed by atoms with van der Waals surface area (Å²) in [4.78, 5) is 13.7. The fraction of sp³-hybridized carbons (Fsp3) is 0.278. The van der Waals surface area contributed by atoms with Crippen molar-refractivity contribution in [2.75, 3.05) is 19.8 Å². The number of hydrogen-bond donors (Lipinski definition) is 2. The van der Waals surface area contributed by atoms with Crippen molar-refractivity contribution in [1.29, 1.82) is 0 Å². The summed E-state index contributed by atoms with van der Waals surface area (Å²) in [5, 5.41) is 10.9. The molecule has 1 aromatic heterocycles. The van der Waals surface area contributed by atoms with Gasteiger partial charge >= 0.3 is 5.97 Å². The number of benzene rings is 2. The van der Waals surface area contributed by atoms with Crippen molar-refractivity contribution in [3.63, 3.8) is 0 Å². The van der Waals surface area contributed by atoms with Crippen LogP contribution >= 0.6 is 0 Å². The first kappa shape index (κ1) is 15.4. The number of carbonyl (C=O) groups is 1. The summed E-state index contributed by atoms with van der Waals surface area (Å²) in [6.45, 7) is 1.29. The molecular weight excluding hydrogens is 294 g/mol. The Morgan fingerprint density at radius 2 is 1.83 bits per heavy atom. The Kier molecular flexibility index (Phi) is 4.78. The number of carboxylic acid groups (broad SMARTS) is 1. The molecule has 0 saturated carbocycles. The van der Waals surface area contributed by atoms with E-state index in [-0.39, 0.29) is 13.0 Å². The topological polar surface area (TPSA) is 71.6 Å². The normalized spacial score (nSPS) is 11.1. The largest absolute Gasteiger partial charge is 0.493 e. The third kappa shape index (κ3) is 3.81. The number of nitrogens with one attached hydrogen (secondary N) is 1. The maximum atomic E-state index is 10.3. The summed E-state index contributed by atoms with van der Waals surface area (Å²) < 4.78 is 10.9. The molecule has 5 heteroatoms. The monoisotopic (exact) mass is 313 g/mol. The van der Waals surface area contributed by atoms with Crippen LogP contribution in [0.25, 0.3) is 21.8 Å². The highest BCUT2D eigenvalue weighted by atomic mass is 16.5. The lowest BCUT2D eigenvalue weighted by Gasteiger charge is -2.06. The van der Waals surface area contributed by atoms with Crippen molar-refractivity contribution in [1.82, 2.24) is 4.98 Å². The first-order chi connectivity index (χ1) is 11.2. The van der Waals surface area contributed by atoms with Crippen molar-refractivity contribution in [3.05, 3.63) is 42.5 Å². The molecule has 0 amide bonds. The molecule has 5 nitrogen and oxygen atoms in total. The number of aromatic amines is 1. The Morgan fingerprint density at radius 3 is 2.70 bits per heavy atom.